The maximum Gasteiger partial charge on any atom is 0.274 e. The van der Waals surface area contributed by atoms with Crippen LogP contribution in [-0.2, 0) is 13.0 Å². The molecule has 0 saturated carbocycles. The highest BCUT2D eigenvalue weighted by molar-refractivity contribution is 6.30. The van der Waals surface area contributed by atoms with Gasteiger partial charge < -0.3 is 9.64 Å². The number of carbonyl (C=O) groups excluding carboxylic acids is 1. The van der Waals surface area contributed by atoms with E-state index in [1.165, 1.54) is 11.1 Å². The number of pyridine rings is 1. The zero-order chi connectivity index (χ0) is 16.7. The van der Waals surface area contributed by atoms with Gasteiger partial charge in [-0.05, 0) is 17.5 Å². The van der Waals surface area contributed by atoms with Crippen molar-refractivity contribution in [2.75, 3.05) is 13.7 Å². The van der Waals surface area contributed by atoms with Crippen molar-refractivity contribution in [1.29, 1.82) is 0 Å². The van der Waals surface area contributed by atoms with E-state index in [2.05, 4.69) is 17.2 Å². The van der Waals surface area contributed by atoms with E-state index >= 15 is 0 Å². The number of fused-ring (bicyclic) bond motifs is 2. The Balaban J connectivity index is 1.67. The van der Waals surface area contributed by atoms with Gasteiger partial charge in [-0.25, -0.2) is 4.52 Å². The largest absolute Gasteiger partial charge is 0.494 e. The number of rotatable bonds is 2. The predicted molar refractivity (Wildman–Crippen MR) is 91.6 cm³/mol. The summed E-state index contributed by atoms with van der Waals surface area (Å²) in [6, 6.07) is 11.7. The Morgan fingerprint density at radius 2 is 2.04 bits per heavy atom. The SMILES string of the molecule is COc1cc(Cl)cn2nc(C(=O)N3CCc4ccccc4C3)cc12. The Morgan fingerprint density at radius 1 is 1.25 bits per heavy atom. The summed E-state index contributed by atoms with van der Waals surface area (Å²) < 4.78 is 6.91. The van der Waals surface area contributed by atoms with Gasteiger partial charge in [-0.3, -0.25) is 4.79 Å². The standard InChI is InChI=1S/C18H16ClN3O2/c1-24-17-8-14(19)11-22-16(17)9-15(20-22)18(23)21-7-6-12-4-2-3-5-13(12)10-21/h2-5,8-9,11H,6-7,10H2,1H3. The number of aromatic nitrogens is 2. The van der Waals surface area contributed by atoms with E-state index < -0.39 is 0 Å². The molecule has 1 aliphatic heterocycles. The summed E-state index contributed by atoms with van der Waals surface area (Å²) in [5.41, 5.74) is 3.63. The van der Waals surface area contributed by atoms with Crippen molar-refractivity contribution < 1.29 is 9.53 Å². The molecular formula is C18H16ClN3O2. The highest BCUT2D eigenvalue weighted by atomic mass is 35.5. The Morgan fingerprint density at radius 3 is 2.83 bits per heavy atom. The molecule has 1 aliphatic rings. The highest BCUT2D eigenvalue weighted by Gasteiger charge is 2.24. The van der Waals surface area contributed by atoms with Gasteiger partial charge in [-0.2, -0.15) is 5.10 Å². The fraction of sp³-hybridized carbons (Fsp3) is 0.222. The number of halogens is 1. The summed E-state index contributed by atoms with van der Waals surface area (Å²) in [5.74, 6) is 0.518. The molecule has 0 atom stereocenters. The number of amides is 1. The van der Waals surface area contributed by atoms with Crippen LogP contribution < -0.4 is 4.74 Å². The summed E-state index contributed by atoms with van der Waals surface area (Å²) in [7, 11) is 1.57. The molecule has 0 aliphatic carbocycles. The number of hydrogen-bond acceptors (Lipinski definition) is 3. The minimum atomic E-state index is -0.0774. The summed E-state index contributed by atoms with van der Waals surface area (Å²) in [4.78, 5) is 14.7. The quantitative estimate of drug-likeness (QED) is 0.719. The number of carbonyl (C=O) groups is 1. The van der Waals surface area contributed by atoms with Crippen molar-refractivity contribution in [3.63, 3.8) is 0 Å². The third kappa shape index (κ3) is 2.51. The first-order chi connectivity index (χ1) is 11.7. The van der Waals surface area contributed by atoms with Crippen LogP contribution in [0, 0.1) is 0 Å². The Labute approximate surface area is 144 Å². The minimum absolute atomic E-state index is 0.0774. The lowest BCUT2D eigenvalue weighted by Gasteiger charge is -2.28. The van der Waals surface area contributed by atoms with Gasteiger partial charge in [0.15, 0.2) is 5.69 Å². The van der Waals surface area contributed by atoms with Crippen molar-refractivity contribution in [3.8, 4) is 5.75 Å². The van der Waals surface area contributed by atoms with Crippen LogP contribution in [-0.4, -0.2) is 34.1 Å². The normalized spacial score (nSPS) is 13.8. The molecule has 0 radical (unpaired) electrons. The molecule has 3 aromatic rings. The Hall–Kier alpha value is -2.53. The van der Waals surface area contributed by atoms with Gasteiger partial charge in [-0.1, -0.05) is 35.9 Å². The highest BCUT2D eigenvalue weighted by Crippen LogP contribution is 2.26. The van der Waals surface area contributed by atoms with E-state index in [0.717, 1.165) is 11.9 Å². The van der Waals surface area contributed by atoms with Crippen LogP contribution in [0.2, 0.25) is 5.02 Å². The number of ether oxygens (including phenoxy) is 1. The lowest BCUT2D eigenvalue weighted by atomic mass is 10.00. The second-order valence-electron chi connectivity index (χ2n) is 5.83. The van der Waals surface area contributed by atoms with E-state index in [0.29, 0.717) is 29.6 Å². The fourth-order valence-corrected chi connectivity index (χ4v) is 3.32. The van der Waals surface area contributed by atoms with Crippen LogP contribution >= 0.6 is 11.6 Å². The maximum absolute atomic E-state index is 12.8. The van der Waals surface area contributed by atoms with Crippen molar-refractivity contribution in [3.05, 3.63) is 64.4 Å². The number of benzene rings is 1. The average molecular weight is 342 g/mol. The monoisotopic (exact) mass is 341 g/mol. The number of methoxy groups -OCH3 is 1. The Bertz CT molecular complexity index is 935. The van der Waals surface area contributed by atoms with Crippen LogP contribution in [0.5, 0.6) is 5.75 Å². The zero-order valence-corrected chi connectivity index (χ0v) is 14.0. The van der Waals surface area contributed by atoms with Crippen molar-refractivity contribution in [2.45, 2.75) is 13.0 Å². The van der Waals surface area contributed by atoms with Gasteiger partial charge >= 0.3 is 0 Å². The first kappa shape index (κ1) is 15.0. The zero-order valence-electron chi connectivity index (χ0n) is 13.2. The molecule has 0 spiro atoms. The van der Waals surface area contributed by atoms with Gasteiger partial charge in [0.25, 0.3) is 5.91 Å². The third-order valence-corrected chi connectivity index (χ3v) is 4.57. The Kier molecular flexibility index (Phi) is 3.65. The predicted octanol–water partition coefficient (Wildman–Crippen LogP) is 3.19. The third-order valence-electron chi connectivity index (χ3n) is 4.36. The summed E-state index contributed by atoms with van der Waals surface area (Å²) in [6.07, 6.45) is 2.53. The van der Waals surface area contributed by atoms with E-state index in [1.54, 1.807) is 30.0 Å². The molecule has 4 rings (SSSR count). The number of nitrogens with zero attached hydrogens (tertiary/aromatic N) is 3. The molecule has 0 bridgehead atoms. The van der Waals surface area contributed by atoms with Gasteiger partial charge in [0.05, 0.1) is 12.1 Å². The lowest BCUT2D eigenvalue weighted by Crippen LogP contribution is -2.36. The molecule has 3 heterocycles. The molecule has 0 fully saturated rings. The smallest absolute Gasteiger partial charge is 0.274 e. The minimum Gasteiger partial charge on any atom is -0.494 e. The van der Waals surface area contributed by atoms with Gasteiger partial charge in [0, 0.05) is 31.4 Å². The van der Waals surface area contributed by atoms with Crippen LogP contribution in [0.1, 0.15) is 21.6 Å². The van der Waals surface area contributed by atoms with Gasteiger partial charge in [0.2, 0.25) is 0 Å². The molecule has 1 amide bonds. The molecule has 2 aromatic heterocycles. The van der Waals surface area contributed by atoms with E-state index in [9.17, 15) is 4.79 Å². The average Bonchev–Trinajstić information content (AvgIpc) is 3.03. The molecule has 0 N–H and O–H groups in total. The molecule has 5 nitrogen and oxygen atoms in total. The molecule has 0 saturated heterocycles. The van der Waals surface area contributed by atoms with Gasteiger partial charge in [-0.15, -0.1) is 0 Å². The summed E-state index contributed by atoms with van der Waals surface area (Å²) in [6.45, 7) is 1.31. The van der Waals surface area contributed by atoms with Crippen molar-refractivity contribution >= 4 is 23.0 Å². The van der Waals surface area contributed by atoms with Crippen molar-refractivity contribution in [2.24, 2.45) is 0 Å². The molecular weight excluding hydrogens is 326 g/mol. The second-order valence-corrected chi connectivity index (χ2v) is 6.27. The first-order valence-electron chi connectivity index (χ1n) is 7.74. The topological polar surface area (TPSA) is 46.8 Å². The van der Waals surface area contributed by atoms with Crippen LogP contribution in [0.15, 0.2) is 42.6 Å². The van der Waals surface area contributed by atoms with E-state index in [-0.39, 0.29) is 5.91 Å². The fourth-order valence-electron chi connectivity index (χ4n) is 3.13. The summed E-state index contributed by atoms with van der Waals surface area (Å²) in [5, 5.41) is 4.88. The lowest BCUT2D eigenvalue weighted by molar-refractivity contribution is 0.0728. The molecule has 122 valence electrons. The van der Waals surface area contributed by atoms with Gasteiger partial charge in [0.1, 0.15) is 11.3 Å². The first-order valence-corrected chi connectivity index (χ1v) is 8.12. The van der Waals surface area contributed by atoms with Crippen LogP contribution in [0.25, 0.3) is 5.52 Å². The molecule has 1 aromatic carbocycles. The molecule has 6 heteroatoms. The van der Waals surface area contributed by atoms with Crippen LogP contribution in [0.4, 0.5) is 0 Å². The maximum atomic E-state index is 12.8. The summed E-state index contributed by atoms with van der Waals surface area (Å²) >= 11 is 6.06. The van der Waals surface area contributed by atoms with E-state index in [1.807, 2.05) is 17.0 Å². The molecule has 0 unspecified atom stereocenters. The number of hydrogen-bond donors (Lipinski definition) is 0. The van der Waals surface area contributed by atoms with Crippen LogP contribution in [0.3, 0.4) is 0 Å². The molecule has 24 heavy (non-hydrogen) atoms. The second kappa shape index (κ2) is 5.83. The van der Waals surface area contributed by atoms with Crippen molar-refractivity contribution in [1.82, 2.24) is 14.5 Å². The van der Waals surface area contributed by atoms with E-state index in [4.69, 9.17) is 16.3 Å².